The maximum Gasteiger partial charge on any atom is 0.246 e. The molecule has 0 radical (unpaired) electrons. The molecule has 2 nitrogen and oxygen atoms in total. The fourth-order valence-corrected chi connectivity index (χ4v) is 1.70. The zero-order valence-corrected chi connectivity index (χ0v) is 6.74. The number of carbonyl (C=O) groups is 2. The molecule has 3 aliphatic carbocycles. The Balaban J connectivity index is 2.73. The Labute approximate surface area is 75.6 Å². The second-order valence-electron chi connectivity index (χ2n) is 3.39. The van der Waals surface area contributed by atoms with Crippen molar-refractivity contribution in [2.45, 2.75) is 24.2 Å². The Kier molecular flexibility index (Phi) is 1.50. The first kappa shape index (κ1) is 9.36. The summed E-state index contributed by atoms with van der Waals surface area (Å²) < 4.78 is 52.5. The normalized spacial score (nSPS) is 42.3. The summed E-state index contributed by atoms with van der Waals surface area (Å²) in [6.45, 7) is 0. The molecule has 0 N–H and O–H groups in total. The summed E-state index contributed by atoms with van der Waals surface area (Å²) in [5.41, 5.74) is -6.54. The van der Waals surface area contributed by atoms with Gasteiger partial charge in [-0.1, -0.05) is 0 Å². The third kappa shape index (κ3) is 0.726. The van der Waals surface area contributed by atoms with Crippen LogP contribution in [-0.2, 0) is 9.59 Å². The summed E-state index contributed by atoms with van der Waals surface area (Å²) in [4.78, 5) is 21.7. The summed E-state index contributed by atoms with van der Waals surface area (Å²) in [6, 6.07) is 0. The van der Waals surface area contributed by atoms with Gasteiger partial charge in [-0.15, -0.1) is 0 Å². The van der Waals surface area contributed by atoms with Crippen molar-refractivity contribution in [2.24, 2.45) is 0 Å². The van der Waals surface area contributed by atoms with E-state index in [0.717, 1.165) is 0 Å². The highest BCUT2D eigenvalue weighted by Gasteiger charge is 2.68. The van der Waals surface area contributed by atoms with Crippen molar-refractivity contribution in [3.8, 4) is 0 Å². The van der Waals surface area contributed by atoms with Crippen LogP contribution in [0.4, 0.5) is 17.6 Å². The number of fused-ring (bicyclic) bond motifs is 2. The van der Waals surface area contributed by atoms with E-state index >= 15 is 0 Å². The molecule has 14 heavy (non-hydrogen) atoms. The quantitative estimate of drug-likeness (QED) is 0.446. The van der Waals surface area contributed by atoms with Crippen molar-refractivity contribution in [3.63, 3.8) is 0 Å². The van der Waals surface area contributed by atoms with Gasteiger partial charge in [0.05, 0.1) is 0 Å². The second kappa shape index (κ2) is 2.24. The zero-order chi connectivity index (χ0) is 10.7. The van der Waals surface area contributed by atoms with Gasteiger partial charge in [0.1, 0.15) is 0 Å². The Hall–Kier alpha value is -1.20. The van der Waals surface area contributed by atoms with Gasteiger partial charge in [0.15, 0.2) is 11.7 Å². The van der Waals surface area contributed by atoms with Gasteiger partial charge in [-0.2, -0.15) is 0 Å². The number of alkyl halides is 2. The first-order valence-corrected chi connectivity index (χ1v) is 3.87. The van der Waals surface area contributed by atoms with Crippen LogP contribution in [0.1, 0.15) is 12.8 Å². The van der Waals surface area contributed by atoms with E-state index in [1.165, 1.54) is 0 Å². The van der Waals surface area contributed by atoms with Crippen LogP contribution in [-0.4, -0.2) is 22.9 Å². The van der Waals surface area contributed by atoms with Gasteiger partial charge in [0.2, 0.25) is 22.9 Å². The van der Waals surface area contributed by atoms with Gasteiger partial charge in [-0.3, -0.25) is 9.59 Å². The van der Waals surface area contributed by atoms with E-state index in [1.54, 1.807) is 0 Å². The lowest BCUT2D eigenvalue weighted by molar-refractivity contribution is -0.157. The number of halogens is 4. The van der Waals surface area contributed by atoms with Crippen LogP contribution in [0, 0.1) is 0 Å². The van der Waals surface area contributed by atoms with Crippen LogP contribution in [0.5, 0.6) is 0 Å². The fraction of sp³-hybridized carbons (Fsp3) is 0.500. The molecule has 76 valence electrons. The maximum atomic E-state index is 13.4. The summed E-state index contributed by atoms with van der Waals surface area (Å²) in [6.07, 6.45) is -1.65. The van der Waals surface area contributed by atoms with Crippen LogP contribution < -0.4 is 0 Å². The average Bonchev–Trinajstić information content (AvgIpc) is 2.16. The van der Waals surface area contributed by atoms with Crippen LogP contribution in [0.3, 0.4) is 0 Å². The molecular weight excluding hydrogens is 204 g/mol. The number of Topliss-reactive ketones (excluding diaryl/α,β-unsaturated/α-hetero) is 2. The van der Waals surface area contributed by atoms with Crippen molar-refractivity contribution < 1.29 is 27.2 Å². The lowest BCUT2D eigenvalue weighted by Crippen LogP contribution is -2.59. The summed E-state index contributed by atoms with van der Waals surface area (Å²) >= 11 is 0. The minimum Gasteiger partial charge on any atom is -0.287 e. The number of hydrogen-bond donors (Lipinski definition) is 0. The van der Waals surface area contributed by atoms with Crippen molar-refractivity contribution in [1.29, 1.82) is 0 Å². The Bertz CT molecular complexity index is 353. The van der Waals surface area contributed by atoms with Crippen molar-refractivity contribution in [3.05, 3.63) is 11.7 Å². The molecule has 0 saturated heterocycles. The minimum atomic E-state index is -3.27. The molecule has 2 unspecified atom stereocenters. The van der Waals surface area contributed by atoms with E-state index in [0.29, 0.717) is 0 Å². The third-order valence-corrected chi connectivity index (χ3v) is 2.63. The molecule has 0 heterocycles. The molecule has 0 spiro atoms. The summed E-state index contributed by atoms with van der Waals surface area (Å²) in [7, 11) is 0. The third-order valence-electron chi connectivity index (χ3n) is 2.63. The lowest BCUT2D eigenvalue weighted by atomic mass is 9.69. The van der Waals surface area contributed by atoms with Crippen LogP contribution in [0.15, 0.2) is 11.7 Å². The Morgan fingerprint density at radius 3 is 1.43 bits per heavy atom. The first-order chi connectivity index (χ1) is 6.34. The SMILES string of the molecule is O=C1C(=O)C2(F)CCC1(F)C(F)=C2F. The molecule has 2 bridgehead atoms. The van der Waals surface area contributed by atoms with Gasteiger partial charge in [0, 0.05) is 0 Å². The summed E-state index contributed by atoms with van der Waals surface area (Å²) in [5, 5.41) is 0. The Morgan fingerprint density at radius 2 is 1.14 bits per heavy atom. The van der Waals surface area contributed by atoms with Crippen LogP contribution in [0.2, 0.25) is 0 Å². The van der Waals surface area contributed by atoms with E-state index in [2.05, 4.69) is 0 Å². The predicted molar refractivity (Wildman–Crippen MR) is 36.2 cm³/mol. The molecule has 1 fully saturated rings. The molecule has 0 aliphatic heterocycles. The molecule has 0 aromatic heterocycles. The van der Waals surface area contributed by atoms with Gasteiger partial charge >= 0.3 is 0 Å². The van der Waals surface area contributed by atoms with E-state index in [9.17, 15) is 27.2 Å². The number of rotatable bonds is 0. The van der Waals surface area contributed by atoms with E-state index < -0.39 is 47.4 Å². The smallest absolute Gasteiger partial charge is 0.246 e. The highest BCUT2D eigenvalue weighted by atomic mass is 19.2. The largest absolute Gasteiger partial charge is 0.287 e. The average molecular weight is 208 g/mol. The highest BCUT2D eigenvalue weighted by Crippen LogP contribution is 2.51. The minimum absolute atomic E-state index is 0.826. The van der Waals surface area contributed by atoms with Crippen molar-refractivity contribution in [2.75, 3.05) is 0 Å². The van der Waals surface area contributed by atoms with Crippen molar-refractivity contribution >= 4 is 11.6 Å². The van der Waals surface area contributed by atoms with Crippen LogP contribution in [0.25, 0.3) is 0 Å². The molecule has 1 saturated carbocycles. The molecule has 0 aromatic rings. The number of carbonyl (C=O) groups excluding carboxylic acids is 2. The highest BCUT2D eigenvalue weighted by molar-refractivity contribution is 6.46. The predicted octanol–water partition coefficient (Wildman–Crippen LogP) is 1.50. The van der Waals surface area contributed by atoms with Crippen LogP contribution >= 0.6 is 0 Å². The molecule has 3 aliphatic rings. The van der Waals surface area contributed by atoms with E-state index in [4.69, 9.17) is 0 Å². The molecule has 0 aromatic carbocycles. The van der Waals surface area contributed by atoms with Gasteiger partial charge in [0.25, 0.3) is 0 Å². The zero-order valence-electron chi connectivity index (χ0n) is 6.74. The van der Waals surface area contributed by atoms with E-state index in [-0.39, 0.29) is 0 Å². The van der Waals surface area contributed by atoms with Crippen molar-refractivity contribution in [1.82, 2.24) is 0 Å². The van der Waals surface area contributed by atoms with Gasteiger partial charge in [-0.25, -0.2) is 17.6 Å². The van der Waals surface area contributed by atoms with Gasteiger partial charge in [-0.05, 0) is 12.8 Å². The van der Waals surface area contributed by atoms with Gasteiger partial charge < -0.3 is 0 Å². The number of allylic oxidation sites excluding steroid dienone is 2. The first-order valence-electron chi connectivity index (χ1n) is 3.87. The molecule has 2 atom stereocenters. The van der Waals surface area contributed by atoms with E-state index in [1.807, 2.05) is 0 Å². The second-order valence-corrected chi connectivity index (χ2v) is 3.39. The number of hydrogen-bond acceptors (Lipinski definition) is 2. The molecular formula is C8H4F4O2. The summed E-state index contributed by atoms with van der Waals surface area (Å²) in [5.74, 6) is -7.83. The molecule has 0 amide bonds. The topological polar surface area (TPSA) is 34.1 Å². The fourth-order valence-electron chi connectivity index (χ4n) is 1.70. The maximum absolute atomic E-state index is 13.4. The molecule has 3 rings (SSSR count). The standard InChI is InChI=1S/C8H4F4O2/c9-3-4(10)8(12)2-1-7(3,11)5(13)6(8)14/h1-2H2. The lowest BCUT2D eigenvalue weighted by Gasteiger charge is -2.38. The Morgan fingerprint density at radius 1 is 0.857 bits per heavy atom. The monoisotopic (exact) mass is 208 g/mol. The number of ketones is 2. The molecule has 6 heteroatoms.